The predicted octanol–water partition coefficient (Wildman–Crippen LogP) is 1.14. The summed E-state index contributed by atoms with van der Waals surface area (Å²) in [5, 5.41) is 2.42. The lowest BCUT2D eigenvalue weighted by Crippen LogP contribution is -2.45. The number of ether oxygens (including phenoxy) is 1. The van der Waals surface area contributed by atoms with E-state index in [9.17, 15) is 9.59 Å². The van der Waals surface area contributed by atoms with Gasteiger partial charge in [-0.25, -0.2) is 0 Å². The molecule has 0 bridgehead atoms. The molecule has 19 heavy (non-hydrogen) atoms. The fraction of sp³-hybridized carbons (Fsp3) is 0.692. The molecule has 0 spiro atoms. The molecule has 0 aromatic heterocycles. The first kappa shape index (κ1) is 17.7. The summed E-state index contributed by atoms with van der Waals surface area (Å²) in [5.74, 6) is -0.300. The second-order valence-electron chi connectivity index (χ2n) is 3.97. The molecule has 1 aliphatic rings. The van der Waals surface area contributed by atoms with Crippen molar-refractivity contribution in [2.24, 2.45) is 0 Å². The molecule has 0 aliphatic carbocycles. The second kappa shape index (κ2) is 8.75. The van der Waals surface area contributed by atoms with Crippen LogP contribution in [0.3, 0.4) is 0 Å². The lowest BCUT2D eigenvalue weighted by Gasteiger charge is -2.33. The molecule has 0 aromatic rings. The number of amides is 2. The van der Waals surface area contributed by atoms with Crippen LogP contribution in [0, 0.1) is 0 Å². The Bertz CT molecular complexity index is 323. The summed E-state index contributed by atoms with van der Waals surface area (Å²) in [4.78, 5) is 23.2. The molecular formula is C13H23BN2O3. The van der Waals surface area contributed by atoms with E-state index in [1.807, 2.05) is 20.8 Å². The molecule has 0 aromatic carbocycles. The van der Waals surface area contributed by atoms with Gasteiger partial charge in [0.1, 0.15) is 13.5 Å². The third kappa shape index (κ3) is 5.07. The summed E-state index contributed by atoms with van der Waals surface area (Å²) < 4.78 is 5.61. The molecule has 1 saturated heterocycles. The van der Waals surface area contributed by atoms with Crippen LogP contribution in [0.5, 0.6) is 0 Å². The largest absolute Gasteiger partial charge is 0.361 e. The third-order valence-electron chi connectivity index (χ3n) is 2.83. The van der Waals surface area contributed by atoms with Crippen molar-refractivity contribution in [3.8, 4) is 0 Å². The fourth-order valence-corrected chi connectivity index (χ4v) is 1.73. The van der Waals surface area contributed by atoms with Crippen LogP contribution in [0.25, 0.3) is 0 Å². The van der Waals surface area contributed by atoms with E-state index >= 15 is 0 Å². The Morgan fingerprint density at radius 1 is 1.58 bits per heavy atom. The highest BCUT2D eigenvalue weighted by Crippen LogP contribution is 2.31. The molecule has 5 nitrogen and oxygen atoms in total. The van der Waals surface area contributed by atoms with Gasteiger partial charge in [-0.1, -0.05) is 20.8 Å². The van der Waals surface area contributed by atoms with Crippen LogP contribution in [0.2, 0.25) is 0 Å². The maximum Gasteiger partial charge on any atom is 0.245 e. The zero-order chi connectivity index (χ0) is 14.9. The summed E-state index contributed by atoms with van der Waals surface area (Å²) in [5.41, 5.74) is -1.13. The van der Waals surface area contributed by atoms with E-state index in [1.54, 1.807) is 0 Å². The number of likely N-dealkylation sites (N-methyl/N-ethyl adjacent to an activating group) is 1. The van der Waals surface area contributed by atoms with E-state index in [-0.39, 0.29) is 12.0 Å². The van der Waals surface area contributed by atoms with Crippen LogP contribution < -0.4 is 5.32 Å². The molecule has 106 valence electrons. The van der Waals surface area contributed by atoms with Gasteiger partial charge in [0.25, 0.3) is 0 Å². The highest BCUT2D eigenvalue weighted by molar-refractivity contribution is 6.15. The molecule has 1 heterocycles. The zero-order valence-electron chi connectivity index (χ0n) is 12.2. The Morgan fingerprint density at radius 2 is 2.21 bits per heavy atom. The van der Waals surface area contributed by atoms with Gasteiger partial charge in [-0.2, -0.15) is 0 Å². The van der Waals surface area contributed by atoms with Crippen LogP contribution in [0.4, 0.5) is 0 Å². The molecule has 2 atom stereocenters. The van der Waals surface area contributed by atoms with Crippen LogP contribution in [0.15, 0.2) is 12.3 Å². The molecule has 1 aliphatic heterocycles. The van der Waals surface area contributed by atoms with Gasteiger partial charge in [-0.3, -0.25) is 9.59 Å². The van der Waals surface area contributed by atoms with Crippen molar-refractivity contribution in [2.45, 2.75) is 51.8 Å². The van der Waals surface area contributed by atoms with Gasteiger partial charge in [0.2, 0.25) is 12.3 Å². The van der Waals surface area contributed by atoms with Crippen molar-refractivity contribution >= 4 is 20.2 Å². The Labute approximate surface area is 116 Å². The van der Waals surface area contributed by atoms with Crippen molar-refractivity contribution in [1.82, 2.24) is 10.2 Å². The van der Waals surface area contributed by atoms with E-state index in [0.717, 1.165) is 12.8 Å². The maximum absolute atomic E-state index is 11.0. The topological polar surface area (TPSA) is 58.6 Å². The first-order chi connectivity index (χ1) is 9.05. The molecule has 1 fully saturated rings. The van der Waals surface area contributed by atoms with Gasteiger partial charge in [-0.15, -0.1) is 0 Å². The quantitative estimate of drug-likeness (QED) is 0.461. The lowest BCUT2D eigenvalue weighted by molar-refractivity contribution is -0.131. The number of hydrogen-bond donors (Lipinski definition) is 1. The smallest absolute Gasteiger partial charge is 0.245 e. The summed E-state index contributed by atoms with van der Waals surface area (Å²) >= 11 is 0. The highest BCUT2D eigenvalue weighted by atomic mass is 16.5. The Morgan fingerprint density at radius 3 is 2.63 bits per heavy atom. The monoisotopic (exact) mass is 266 g/mol. The van der Waals surface area contributed by atoms with Crippen molar-refractivity contribution in [1.29, 1.82) is 0 Å². The van der Waals surface area contributed by atoms with E-state index in [4.69, 9.17) is 12.6 Å². The number of carbonyl (C=O) groups is 2. The molecule has 1 N–H and O–H groups in total. The van der Waals surface area contributed by atoms with Gasteiger partial charge in [0, 0.05) is 19.3 Å². The van der Waals surface area contributed by atoms with Gasteiger partial charge >= 0.3 is 0 Å². The second-order valence-corrected chi connectivity index (χ2v) is 3.97. The van der Waals surface area contributed by atoms with E-state index in [2.05, 4.69) is 5.32 Å². The molecule has 6 heteroatoms. The van der Waals surface area contributed by atoms with Crippen LogP contribution in [-0.4, -0.2) is 43.8 Å². The van der Waals surface area contributed by atoms with Crippen molar-refractivity contribution < 1.29 is 14.3 Å². The van der Waals surface area contributed by atoms with Crippen molar-refractivity contribution in [3.63, 3.8) is 0 Å². The minimum Gasteiger partial charge on any atom is -0.361 e. The van der Waals surface area contributed by atoms with Crippen LogP contribution >= 0.6 is 0 Å². The number of hydrogen-bond acceptors (Lipinski definition) is 3. The maximum atomic E-state index is 11.0. The van der Waals surface area contributed by atoms with Gasteiger partial charge in [0.05, 0.1) is 6.10 Å². The average Bonchev–Trinajstić information content (AvgIpc) is 2.84. The first-order valence-corrected chi connectivity index (χ1v) is 6.66. The number of rotatable bonds is 5. The van der Waals surface area contributed by atoms with Crippen LogP contribution in [-0.2, 0) is 14.3 Å². The minimum absolute atomic E-state index is 0.0656. The normalized spacial score (nSPS) is 25.6. The minimum atomic E-state index is -1.13. The molecule has 2 unspecified atom stereocenters. The molecular weight excluding hydrogens is 243 g/mol. The lowest BCUT2D eigenvalue weighted by atomic mass is 9.86. The zero-order valence-corrected chi connectivity index (χ0v) is 12.2. The molecule has 2 radical (unpaired) electrons. The summed E-state index contributed by atoms with van der Waals surface area (Å²) in [6.07, 6.45) is 5.43. The van der Waals surface area contributed by atoms with E-state index in [1.165, 1.54) is 24.2 Å². The first-order valence-electron chi connectivity index (χ1n) is 6.66. The van der Waals surface area contributed by atoms with Gasteiger partial charge in [0.15, 0.2) is 0 Å². The standard InChI is InChI=1S/C11H17BN2O3.C2H6/c1-3-9-4-6-11(12,17-9)14(8-15)7-5-10(16)13-2;1-2/h5,7-9H,3-4,6H2,1-2H3,(H,13,16);1-2H3/b7-5-;. The Kier molecular flexibility index (Phi) is 8.15. The van der Waals surface area contributed by atoms with Crippen LogP contribution in [0.1, 0.15) is 40.0 Å². The summed E-state index contributed by atoms with van der Waals surface area (Å²) in [7, 11) is 7.51. The SMILES string of the molecule is CC.[B]C1(N(C=O)/C=C\C(=O)NC)CCC(CC)O1. The average molecular weight is 266 g/mol. The summed E-state index contributed by atoms with van der Waals surface area (Å²) in [6, 6.07) is 0. The van der Waals surface area contributed by atoms with Crippen molar-refractivity contribution in [2.75, 3.05) is 7.05 Å². The molecule has 0 saturated carbocycles. The third-order valence-corrected chi connectivity index (χ3v) is 2.83. The number of nitrogens with one attached hydrogen (secondary N) is 1. The Balaban J connectivity index is 0.00000154. The number of carbonyl (C=O) groups excluding carboxylic acids is 2. The van der Waals surface area contributed by atoms with Crippen molar-refractivity contribution in [3.05, 3.63) is 12.3 Å². The van der Waals surface area contributed by atoms with E-state index < -0.39 is 5.62 Å². The Hall–Kier alpha value is -1.30. The fourth-order valence-electron chi connectivity index (χ4n) is 1.73. The summed E-state index contributed by atoms with van der Waals surface area (Å²) in [6.45, 7) is 6.00. The number of nitrogens with zero attached hydrogens (tertiary/aromatic N) is 1. The highest BCUT2D eigenvalue weighted by Gasteiger charge is 2.38. The molecule has 1 rings (SSSR count). The van der Waals surface area contributed by atoms with Gasteiger partial charge < -0.3 is 15.0 Å². The van der Waals surface area contributed by atoms with E-state index in [0.29, 0.717) is 12.8 Å². The molecule has 2 amide bonds. The van der Waals surface area contributed by atoms with Gasteiger partial charge in [-0.05, 0) is 19.3 Å². The predicted molar refractivity (Wildman–Crippen MR) is 75.3 cm³/mol.